The number of nitrogen functional groups attached to an aromatic ring is 1. The fourth-order valence-electron chi connectivity index (χ4n) is 0.539. The van der Waals surface area contributed by atoms with Gasteiger partial charge in [-0.15, -0.1) is 10.2 Å². The van der Waals surface area contributed by atoms with Crippen molar-refractivity contribution in [3.8, 4) is 11.8 Å². The van der Waals surface area contributed by atoms with Gasteiger partial charge in [0.2, 0.25) is 0 Å². The van der Waals surface area contributed by atoms with E-state index in [1.165, 1.54) is 0 Å². The second-order valence-corrected chi connectivity index (χ2v) is 2.12. The summed E-state index contributed by atoms with van der Waals surface area (Å²) < 4.78 is 0. The molecule has 0 fully saturated rings. The van der Waals surface area contributed by atoms with E-state index in [-0.39, 0.29) is 0 Å². The third-order valence-corrected chi connectivity index (χ3v) is 1.14. The Bertz CT molecular complexity index is 283. The van der Waals surface area contributed by atoms with Gasteiger partial charge in [-0.3, -0.25) is 0 Å². The number of hydrogen-bond acceptors (Lipinski definition) is 4. The highest BCUT2D eigenvalue weighted by molar-refractivity contribution is 7.80. The first-order valence-corrected chi connectivity index (χ1v) is 3.65. The lowest BCUT2D eigenvalue weighted by Crippen LogP contribution is -1.93. The molecule has 0 radical (unpaired) electrons. The van der Waals surface area contributed by atoms with Crippen molar-refractivity contribution < 1.29 is 0 Å². The molecule has 0 aliphatic carbocycles. The topological polar surface area (TPSA) is 51.8 Å². The van der Waals surface area contributed by atoms with E-state index >= 15 is 0 Å². The summed E-state index contributed by atoms with van der Waals surface area (Å²) in [5.74, 6) is 6.44. The van der Waals surface area contributed by atoms with Crippen LogP contribution in [0.15, 0.2) is 12.1 Å². The lowest BCUT2D eigenvalue weighted by atomic mass is 10.4. The van der Waals surface area contributed by atoms with Crippen molar-refractivity contribution in [1.29, 1.82) is 0 Å². The monoisotopic (exact) mass is 165 g/mol. The molecule has 0 unspecified atom stereocenters. The van der Waals surface area contributed by atoms with Crippen LogP contribution in [-0.2, 0) is 0 Å². The van der Waals surface area contributed by atoms with Crippen LogP contribution in [0.4, 0.5) is 5.82 Å². The normalized spacial score (nSPS) is 8.45. The third kappa shape index (κ3) is 2.48. The largest absolute Gasteiger partial charge is 0.382 e. The molecule has 4 heteroatoms. The van der Waals surface area contributed by atoms with Crippen LogP contribution in [0.1, 0.15) is 5.69 Å². The molecular formula is C7H7N3S. The Kier molecular flexibility index (Phi) is 2.75. The average Bonchev–Trinajstić information content (AvgIpc) is 2.04. The van der Waals surface area contributed by atoms with Crippen LogP contribution in [0.5, 0.6) is 0 Å². The molecule has 2 N–H and O–H groups in total. The van der Waals surface area contributed by atoms with E-state index in [1.807, 2.05) is 0 Å². The lowest BCUT2D eigenvalue weighted by Gasteiger charge is -1.88. The number of hydrogen-bond donors (Lipinski definition) is 2. The maximum atomic E-state index is 5.32. The van der Waals surface area contributed by atoms with E-state index in [4.69, 9.17) is 5.73 Å². The summed E-state index contributed by atoms with van der Waals surface area (Å²) in [4.78, 5) is 0. The van der Waals surface area contributed by atoms with Crippen molar-refractivity contribution in [2.45, 2.75) is 0 Å². The Balaban J connectivity index is 2.82. The first-order valence-electron chi connectivity index (χ1n) is 3.02. The number of anilines is 1. The predicted octanol–water partition coefficient (Wildman–Crippen LogP) is 0.340. The molecule has 0 aliphatic heterocycles. The summed E-state index contributed by atoms with van der Waals surface area (Å²) >= 11 is 3.92. The molecule has 56 valence electrons. The molecule has 0 atom stereocenters. The lowest BCUT2D eigenvalue weighted by molar-refractivity contribution is 1.02. The highest BCUT2D eigenvalue weighted by Crippen LogP contribution is 1.94. The number of nitrogens with two attached hydrogens (primary N) is 1. The Morgan fingerprint density at radius 3 is 2.82 bits per heavy atom. The molecule has 0 bridgehead atoms. The van der Waals surface area contributed by atoms with Gasteiger partial charge in [0.15, 0.2) is 0 Å². The zero-order chi connectivity index (χ0) is 8.10. The zero-order valence-electron chi connectivity index (χ0n) is 5.78. The van der Waals surface area contributed by atoms with Crippen LogP contribution in [0.25, 0.3) is 0 Å². The maximum absolute atomic E-state index is 5.32. The maximum Gasteiger partial charge on any atom is 0.146 e. The molecule has 0 saturated heterocycles. The van der Waals surface area contributed by atoms with Gasteiger partial charge in [-0.2, -0.15) is 12.6 Å². The van der Waals surface area contributed by atoms with Crippen LogP contribution >= 0.6 is 12.6 Å². The Labute approximate surface area is 70.4 Å². The minimum Gasteiger partial charge on any atom is -0.382 e. The molecule has 0 saturated carbocycles. The summed E-state index contributed by atoms with van der Waals surface area (Å²) in [7, 11) is 0. The smallest absolute Gasteiger partial charge is 0.146 e. The van der Waals surface area contributed by atoms with E-state index in [2.05, 4.69) is 34.7 Å². The van der Waals surface area contributed by atoms with Crippen molar-refractivity contribution in [3.63, 3.8) is 0 Å². The number of nitrogens with zero attached hydrogens (tertiary/aromatic N) is 2. The van der Waals surface area contributed by atoms with Gasteiger partial charge in [0.1, 0.15) is 11.5 Å². The van der Waals surface area contributed by atoms with Gasteiger partial charge >= 0.3 is 0 Å². The highest BCUT2D eigenvalue weighted by atomic mass is 32.1. The second kappa shape index (κ2) is 3.84. The van der Waals surface area contributed by atoms with Crippen LogP contribution in [0, 0.1) is 11.8 Å². The van der Waals surface area contributed by atoms with Crippen molar-refractivity contribution in [3.05, 3.63) is 17.8 Å². The molecular weight excluding hydrogens is 158 g/mol. The van der Waals surface area contributed by atoms with Crippen molar-refractivity contribution in [2.75, 3.05) is 11.5 Å². The second-order valence-electron chi connectivity index (χ2n) is 1.80. The fourth-order valence-corrected chi connectivity index (χ4v) is 0.618. The molecule has 0 aromatic carbocycles. The molecule has 1 aromatic rings. The molecule has 1 heterocycles. The number of thiol groups is 1. The van der Waals surface area contributed by atoms with Gasteiger partial charge in [-0.05, 0) is 18.1 Å². The Hall–Kier alpha value is -1.21. The minimum atomic E-state index is 0.404. The van der Waals surface area contributed by atoms with Gasteiger partial charge < -0.3 is 5.73 Å². The van der Waals surface area contributed by atoms with E-state index in [0.29, 0.717) is 17.3 Å². The van der Waals surface area contributed by atoms with E-state index < -0.39 is 0 Å². The zero-order valence-corrected chi connectivity index (χ0v) is 6.68. The van der Waals surface area contributed by atoms with E-state index in [0.717, 1.165) is 0 Å². The first kappa shape index (κ1) is 7.89. The third-order valence-electron chi connectivity index (χ3n) is 0.981. The first-order chi connectivity index (χ1) is 5.33. The van der Waals surface area contributed by atoms with Crippen molar-refractivity contribution in [1.82, 2.24) is 10.2 Å². The molecule has 0 amide bonds. The molecule has 11 heavy (non-hydrogen) atoms. The molecule has 0 aliphatic rings. The van der Waals surface area contributed by atoms with Gasteiger partial charge in [-0.1, -0.05) is 5.92 Å². The van der Waals surface area contributed by atoms with Gasteiger partial charge in [0.05, 0.1) is 5.75 Å². The van der Waals surface area contributed by atoms with Gasteiger partial charge in [0, 0.05) is 0 Å². The van der Waals surface area contributed by atoms with Crippen LogP contribution in [0.2, 0.25) is 0 Å². The minimum absolute atomic E-state index is 0.404. The summed E-state index contributed by atoms with van der Waals surface area (Å²) in [5, 5.41) is 7.37. The molecule has 1 rings (SSSR count). The summed E-state index contributed by atoms with van der Waals surface area (Å²) in [5.41, 5.74) is 5.94. The molecule has 0 spiro atoms. The van der Waals surface area contributed by atoms with E-state index in [9.17, 15) is 0 Å². The summed E-state index contributed by atoms with van der Waals surface area (Å²) in [6.07, 6.45) is 0. The number of rotatable bonds is 0. The molecule has 3 nitrogen and oxygen atoms in total. The van der Waals surface area contributed by atoms with Crippen molar-refractivity contribution >= 4 is 18.4 Å². The fraction of sp³-hybridized carbons (Fsp3) is 0.143. The number of aromatic nitrogens is 2. The Morgan fingerprint density at radius 2 is 2.27 bits per heavy atom. The molecule has 1 aromatic heterocycles. The SMILES string of the molecule is Nc1ccc(C#CCS)nn1. The van der Waals surface area contributed by atoms with Crippen LogP contribution < -0.4 is 5.73 Å². The summed E-state index contributed by atoms with van der Waals surface area (Å²) in [6, 6.07) is 3.38. The quantitative estimate of drug-likeness (QED) is 0.430. The highest BCUT2D eigenvalue weighted by Gasteiger charge is 1.87. The van der Waals surface area contributed by atoms with E-state index in [1.54, 1.807) is 12.1 Å². The van der Waals surface area contributed by atoms with Gasteiger partial charge in [0.25, 0.3) is 0 Å². The van der Waals surface area contributed by atoms with Crippen LogP contribution in [0.3, 0.4) is 0 Å². The Morgan fingerprint density at radius 1 is 1.45 bits per heavy atom. The van der Waals surface area contributed by atoms with Gasteiger partial charge in [-0.25, -0.2) is 0 Å². The summed E-state index contributed by atoms with van der Waals surface area (Å²) in [6.45, 7) is 0. The predicted molar refractivity (Wildman–Crippen MR) is 47.2 cm³/mol. The average molecular weight is 165 g/mol. The van der Waals surface area contributed by atoms with Crippen molar-refractivity contribution in [2.24, 2.45) is 0 Å². The van der Waals surface area contributed by atoms with Crippen LogP contribution in [-0.4, -0.2) is 16.0 Å². The standard InChI is InChI=1S/C7H7N3S/c8-7-4-3-6(9-10-7)2-1-5-11/h3-4,11H,5H2,(H2,8,10).